The molecule has 0 saturated carbocycles. The first-order valence-corrected chi connectivity index (χ1v) is 5.55. The third kappa shape index (κ3) is 6.66. The number of esters is 1. The zero-order valence-electron chi connectivity index (χ0n) is 10.1. The van der Waals surface area contributed by atoms with Gasteiger partial charge in [0.1, 0.15) is 6.61 Å². The first-order valence-electron chi connectivity index (χ1n) is 5.55. The molecule has 0 aromatic heterocycles. The lowest BCUT2D eigenvalue weighted by molar-refractivity contribution is -0.174. The molecule has 0 saturated heterocycles. The highest BCUT2D eigenvalue weighted by Gasteiger charge is 2.27. The van der Waals surface area contributed by atoms with Crippen molar-refractivity contribution in [1.82, 2.24) is 0 Å². The van der Waals surface area contributed by atoms with Crippen molar-refractivity contribution >= 4 is 11.7 Å². The van der Waals surface area contributed by atoms with Gasteiger partial charge in [0.25, 0.3) is 0 Å². The van der Waals surface area contributed by atoms with Gasteiger partial charge < -0.3 is 15.2 Å². The van der Waals surface area contributed by atoms with Crippen LogP contribution < -0.4 is 5.73 Å². The van der Waals surface area contributed by atoms with Crippen LogP contribution in [0.1, 0.15) is 16.8 Å². The van der Waals surface area contributed by atoms with Gasteiger partial charge in [-0.2, -0.15) is 13.2 Å². The van der Waals surface area contributed by atoms with E-state index >= 15 is 0 Å². The van der Waals surface area contributed by atoms with Crippen LogP contribution in [0.2, 0.25) is 0 Å². The van der Waals surface area contributed by atoms with E-state index < -0.39 is 18.8 Å². The third-order valence-electron chi connectivity index (χ3n) is 2.08. The van der Waals surface area contributed by atoms with E-state index in [1.54, 1.807) is 12.1 Å². The zero-order chi connectivity index (χ0) is 14.3. The summed E-state index contributed by atoms with van der Waals surface area (Å²) in [5, 5.41) is 0. The number of halogens is 3. The average molecular weight is 277 g/mol. The van der Waals surface area contributed by atoms with Crippen molar-refractivity contribution < 1.29 is 27.4 Å². The number of anilines is 1. The molecule has 0 atom stereocenters. The summed E-state index contributed by atoms with van der Waals surface area (Å²) in [5.74, 6) is -0.546. The van der Waals surface area contributed by atoms with E-state index in [9.17, 15) is 18.0 Å². The van der Waals surface area contributed by atoms with E-state index in [4.69, 9.17) is 10.5 Å². The molecule has 7 heteroatoms. The normalized spacial score (nSPS) is 11.3. The van der Waals surface area contributed by atoms with Crippen molar-refractivity contribution in [3.8, 4) is 0 Å². The predicted octanol–water partition coefficient (Wildman–Crippen LogP) is 2.39. The lowest BCUT2D eigenvalue weighted by Crippen LogP contribution is -2.18. The lowest BCUT2D eigenvalue weighted by atomic mass is 10.2. The van der Waals surface area contributed by atoms with Crippen molar-refractivity contribution in [2.45, 2.75) is 12.6 Å². The second-order valence-electron chi connectivity index (χ2n) is 3.78. The van der Waals surface area contributed by atoms with Crippen LogP contribution in [0.25, 0.3) is 0 Å². The standard InChI is InChI=1S/C12H14F3NO3/c13-12(14,15)8-18-6-1-7-19-11(17)9-2-4-10(16)5-3-9/h2-5H,1,6-8,16H2. The lowest BCUT2D eigenvalue weighted by Gasteiger charge is -2.08. The van der Waals surface area contributed by atoms with Crippen LogP contribution in [0, 0.1) is 0 Å². The summed E-state index contributed by atoms with van der Waals surface area (Å²) in [6, 6.07) is 6.14. The molecule has 0 heterocycles. The number of rotatable bonds is 6. The molecule has 0 fully saturated rings. The van der Waals surface area contributed by atoms with E-state index in [-0.39, 0.29) is 19.6 Å². The molecule has 0 aliphatic carbocycles. The molecule has 1 aromatic carbocycles. The Labute approximate surface area is 108 Å². The molecule has 0 bridgehead atoms. The molecule has 4 nitrogen and oxygen atoms in total. The maximum Gasteiger partial charge on any atom is 0.411 e. The monoisotopic (exact) mass is 277 g/mol. The van der Waals surface area contributed by atoms with E-state index in [1.165, 1.54) is 12.1 Å². The number of ether oxygens (including phenoxy) is 2. The molecule has 1 aromatic rings. The van der Waals surface area contributed by atoms with Crippen LogP contribution in [-0.2, 0) is 9.47 Å². The van der Waals surface area contributed by atoms with E-state index in [1.807, 2.05) is 0 Å². The number of alkyl halides is 3. The number of carbonyl (C=O) groups is 1. The Hall–Kier alpha value is -1.76. The summed E-state index contributed by atoms with van der Waals surface area (Å²) in [7, 11) is 0. The van der Waals surface area contributed by atoms with Gasteiger partial charge in [0, 0.05) is 12.1 Å². The second kappa shape index (κ2) is 6.98. The Morgan fingerprint density at radius 2 is 1.79 bits per heavy atom. The number of nitrogen functional groups attached to an aromatic ring is 1. The molecule has 1 rings (SSSR count). The van der Waals surface area contributed by atoms with Crippen LogP contribution in [0.15, 0.2) is 24.3 Å². The fourth-order valence-electron chi connectivity index (χ4n) is 1.22. The molecule has 0 amide bonds. The molecule has 106 valence electrons. The maximum atomic E-state index is 11.7. The van der Waals surface area contributed by atoms with Gasteiger partial charge in [0.05, 0.1) is 18.8 Å². The molecular weight excluding hydrogens is 263 g/mol. The molecule has 19 heavy (non-hydrogen) atoms. The number of benzene rings is 1. The smallest absolute Gasteiger partial charge is 0.411 e. The quantitative estimate of drug-likeness (QED) is 0.492. The van der Waals surface area contributed by atoms with Crippen LogP contribution in [0.5, 0.6) is 0 Å². The molecule has 0 aliphatic rings. The van der Waals surface area contributed by atoms with E-state index in [2.05, 4.69) is 4.74 Å². The first kappa shape index (κ1) is 15.3. The summed E-state index contributed by atoms with van der Waals surface area (Å²) in [6.07, 6.45) is -4.13. The summed E-state index contributed by atoms with van der Waals surface area (Å²) in [4.78, 5) is 11.5. The highest BCUT2D eigenvalue weighted by molar-refractivity contribution is 5.89. The van der Waals surface area contributed by atoms with Gasteiger partial charge in [-0.1, -0.05) is 0 Å². The van der Waals surface area contributed by atoms with Gasteiger partial charge in [-0.05, 0) is 24.3 Å². The Morgan fingerprint density at radius 3 is 2.37 bits per heavy atom. The Bertz CT molecular complexity index is 404. The van der Waals surface area contributed by atoms with Crippen LogP contribution in [0.3, 0.4) is 0 Å². The minimum atomic E-state index is -4.33. The highest BCUT2D eigenvalue weighted by Crippen LogP contribution is 2.14. The van der Waals surface area contributed by atoms with Gasteiger partial charge in [-0.3, -0.25) is 0 Å². The highest BCUT2D eigenvalue weighted by atomic mass is 19.4. The minimum Gasteiger partial charge on any atom is -0.462 e. The second-order valence-corrected chi connectivity index (χ2v) is 3.78. The van der Waals surface area contributed by atoms with Crippen molar-refractivity contribution in [2.24, 2.45) is 0 Å². The number of hydrogen-bond donors (Lipinski definition) is 1. The van der Waals surface area contributed by atoms with Crippen LogP contribution in [-0.4, -0.2) is 32.0 Å². The predicted molar refractivity (Wildman–Crippen MR) is 62.6 cm³/mol. The summed E-state index contributed by atoms with van der Waals surface area (Å²) >= 11 is 0. The molecule has 2 N–H and O–H groups in total. The minimum absolute atomic E-state index is 0.00106. The summed E-state index contributed by atoms with van der Waals surface area (Å²) in [6.45, 7) is -1.41. The number of carbonyl (C=O) groups excluding carboxylic acids is 1. The van der Waals surface area contributed by atoms with Crippen molar-refractivity contribution in [1.29, 1.82) is 0 Å². The molecule has 0 radical (unpaired) electrons. The summed E-state index contributed by atoms with van der Waals surface area (Å²) in [5.41, 5.74) is 6.32. The van der Waals surface area contributed by atoms with Gasteiger partial charge >= 0.3 is 12.1 Å². The Kier molecular flexibility index (Phi) is 5.62. The van der Waals surface area contributed by atoms with Crippen molar-refractivity contribution in [3.05, 3.63) is 29.8 Å². The van der Waals surface area contributed by atoms with E-state index in [0.717, 1.165) is 0 Å². The largest absolute Gasteiger partial charge is 0.462 e. The first-order chi connectivity index (χ1) is 8.88. The van der Waals surface area contributed by atoms with Gasteiger partial charge in [-0.15, -0.1) is 0 Å². The fourth-order valence-corrected chi connectivity index (χ4v) is 1.22. The fraction of sp³-hybridized carbons (Fsp3) is 0.417. The van der Waals surface area contributed by atoms with Crippen molar-refractivity contribution in [3.63, 3.8) is 0 Å². The Balaban J connectivity index is 2.16. The zero-order valence-corrected chi connectivity index (χ0v) is 10.1. The Morgan fingerprint density at radius 1 is 1.16 bits per heavy atom. The third-order valence-corrected chi connectivity index (χ3v) is 2.08. The van der Waals surface area contributed by atoms with Crippen LogP contribution in [0.4, 0.5) is 18.9 Å². The summed E-state index contributed by atoms with van der Waals surface area (Å²) < 4.78 is 44.4. The van der Waals surface area contributed by atoms with Gasteiger partial charge in [-0.25, -0.2) is 4.79 Å². The topological polar surface area (TPSA) is 61.6 Å². The maximum absolute atomic E-state index is 11.7. The van der Waals surface area contributed by atoms with Gasteiger partial charge in [0.2, 0.25) is 0 Å². The number of nitrogens with two attached hydrogens (primary N) is 1. The molecular formula is C12H14F3NO3. The molecule has 0 aliphatic heterocycles. The van der Waals surface area contributed by atoms with Crippen molar-refractivity contribution in [2.75, 3.05) is 25.6 Å². The van der Waals surface area contributed by atoms with Crippen LogP contribution >= 0.6 is 0 Å². The average Bonchev–Trinajstić information content (AvgIpc) is 2.33. The molecule has 0 unspecified atom stereocenters. The van der Waals surface area contributed by atoms with Gasteiger partial charge in [0.15, 0.2) is 0 Å². The number of hydrogen-bond acceptors (Lipinski definition) is 4. The van der Waals surface area contributed by atoms with E-state index in [0.29, 0.717) is 11.3 Å². The SMILES string of the molecule is Nc1ccc(C(=O)OCCCOCC(F)(F)F)cc1. The molecule has 0 spiro atoms.